The van der Waals surface area contributed by atoms with Crippen molar-refractivity contribution in [1.29, 1.82) is 0 Å². The predicted octanol–water partition coefficient (Wildman–Crippen LogP) is 3.00. The lowest BCUT2D eigenvalue weighted by Crippen LogP contribution is -2.08. The van der Waals surface area contributed by atoms with E-state index in [1.54, 1.807) is 20.8 Å². The average molecular weight is 386 g/mol. The Labute approximate surface area is 159 Å². The fraction of sp³-hybridized carbons (Fsp3) is 0.278. The van der Waals surface area contributed by atoms with Crippen molar-refractivity contribution in [3.63, 3.8) is 0 Å². The Kier molecular flexibility index (Phi) is 5.23. The minimum atomic E-state index is -0.710. The van der Waals surface area contributed by atoms with Gasteiger partial charge in [0.2, 0.25) is 5.89 Å². The van der Waals surface area contributed by atoms with E-state index in [9.17, 15) is 20.0 Å². The molecule has 10 nitrogen and oxygen atoms in total. The molecule has 2 aromatic heterocycles. The molecule has 0 unspecified atom stereocenters. The van der Waals surface area contributed by atoms with Gasteiger partial charge in [0.25, 0.3) is 11.6 Å². The molecule has 0 aliphatic rings. The van der Waals surface area contributed by atoms with E-state index in [1.807, 2.05) is 0 Å². The van der Waals surface area contributed by atoms with Crippen molar-refractivity contribution in [2.45, 2.75) is 33.5 Å². The summed E-state index contributed by atoms with van der Waals surface area (Å²) < 4.78 is 10.6. The van der Waals surface area contributed by atoms with Crippen LogP contribution in [0.5, 0.6) is 0 Å². The van der Waals surface area contributed by atoms with Crippen molar-refractivity contribution in [1.82, 2.24) is 15.2 Å². The van der Waals surface area contributed by atoms with Gasteiger partial charge in [-0.1, -0.05) is 0 Å². The van der Waals surface area contributed by atoms with Crippen molar-refractivity contribution in [2.75, 3.05) is 0 Å². The summed E-state index contributed by atoms with van der Waals surface area (Å²) in [6.07, 6.45) is -0.710. The van der Waals surface area contributed by atoms with Crippen LogP contribution in [0.3, 0.4) is 0 Å². The number of ether oxygens (including phenoxy) is 1. The molecule has 0 spiro atoms. The zero-order chi connectivity index (χ0) is 20.4. The maximum absolute atomic E-state index is 12.3. The maximum atomic E-state index is 12.3. The number of hydrogen-bond donors (Lipinski definition) is 2. The monoisotopic (exact) mass is 386 g/mol. The summed E-state index contributed by atoms with van der Waals surface area (Å²) >= 11 is 0. The first-order valence-corrected chi connectivity index (χ1v) is 8.39. The highest BCUT2D eigenvalue weighted by Crippen LogP contribution is 2.25. The van der Waals surface area contributed by atoms with Gasteiger partial charge in [-0.15, -0.1) is 10.2 Å². The number of aryl methyl sites for hydroxylation is 1. The molecule has 1 atom stereocenters. The minimum Gasteiger partial charge on any atom is -0.451 e. The van der Waals surface area contributed by atoms with Crippen LogP contribution < -0.4 is 0 Å². The van der Waals surface area contributed by atoms with Crippen LogP contribution in [-0.2, 0) is 11.3 Å². The first-order chi connectivity index (χ1) is 13.3. The molecule has 0 aliphatic heterocycles. The standard InChI is InChI=1S/C18H18N4O6/c1-9-15(11(3)23)10(2)19-16(9)18(24)27-8-14-20-21-17(28-14)12-4-6-13(7-5-12)22(25)26/h4-7,11,19,23H,8H2,1-3H3/t11-/m0/s1. The highest BCUT2D eigenvalue weighted by Gasteiger charge is 2.21. The topological polar surface area (TPSA) is 144 Å². The Balaban J connectivity index is 1.68. The Morgan fingerprint density at radius 2 is 2.00 bits per heavy atom. The molecule has 10 heteroatoms. The fourth-order valence-electron chi connectivity index (χ4n) is 2.95. The molecule has 1 aromatic carbocycles. The smallest absolute Gasteiger partial charge is 0.355 e. The van der Waals surface area contributed by atoms with E-state index in [0.717, 1.165) is 0 Å². The second-order valence-electron chi connectivity index (χ2n) is 6.22. The number of aliphatic hydroxyl groups excluding tert-OH is 1. The molecular formula is C18H18N4O6. The van der Waals surface area contributed by atoms with E-state index < -0.39 is 17.0 Å². The molecule has 3 aromatic rings. The van der Waals surface area contributed by atoms with E-state index in [0.29, 0.717) is 22.4 Å². The molecule has 3 rings (SSSR count). The van der Waals surface area contributed by atoms with Crippen molar-refractivity contribution in [2.24, 2.45) is 0 Å². The highest BCUT2D eigenvalue weighted by atomic mass is 16.6. The van der Waals surface area contributed by atoms with Crippen LogP contribution in [0, 0.1) is 24.0 Å². The Hall–Kier alpha value is -3.53. The quantitative estimate of drug-likeness (QED) is 0.374. The number of rotatable bonds is 6. The molecule has 0 bridgehead atoms. The first kappa shape index (κ1) is 19.2. The van der Waals surface area contributed by atoms with Crippen LogP contribution in [-0.4, -0.2) is 31.2 Å². The first-order valence-electron chi connectivity index (χ1n) is 8.39. The largest absolute Gasteiger partial charge is 0.451 e. The van der Waals surface area contributed by atoms with Gasteiger partial charge in [-0.2, -0.15) is 0 Å². The number of benzene rings is 1. The molecule has 0 radical (unpaired) electrons. The van der Waals surface area contributed by atoms with Gasteiger partial charge in [-0.25, -0.2) is 4.79 Å². The van der Waals surface area contributed by atoms with E-state index in [-0.39, 0.29) is 29.8 Å². The number of aromatic amines is 1. The molecule has 146 valence electrons. The van der Waals surface area contributed by atoms with Gasteiger partial charge in [0, 0.05) is 29.0 Å². The predicted molar refractivity (Wildman–Crippen MR) is 96.4 cm³/mol. The van der Waals surface area contributed by atoms with Gasteiger partial charge in [-0.05, 0) is 38.5 Å². The normalized spacial score (nSPS) is 12.0. The third-order valence-corrected chi connectivity index (χ3v) is 4.24. The van der Waals surface area contributed by atoms with Gasteiger partial charge in [0.05, 0.1) is 11.0 Å². The molecule has 2 N–H and O–H groups in total. The summed E-state index contributed by atoms with van der Waals surface area (Å²) in [5, 5.41) is 28.2. The van der Waals surface area contributed by atoms with Crippen molar-refractivity contribution < 1.29 is 24.0 Å². The minimum absolute atomic E-state index is 0.0504. The number of nitro benzene ring substituents is 1. The molecule has 0 saturated heterocycles. The second kappa shape index (κ2) is 7.61. The Morgan fingerprint density at radius 3 is 2.57 bits per heavy atom. The summed E-state index contributed by atoms with van der Waals surface area (Å²) in [5.74, 6) is -0.370. The number of carbonyl (C=O) groups is 1. The van der Waals surface area contributed by atoms with Crippen LogP contribution in [0.25, 0.3) is 11.5 Å². The summed E-state index contributed by atoms with van der Waals surface area (Å²) in [6, 6.07) is 5.64. The van der Waals surface area contributed by atoms with Crippen LogP contribution in [0.15, 0.2) is 28.7 Å². The molecule has 0 amide bonds. The number of nitrogens with zero attached hydrogens (tertiary/aromatic N) is 3. The summed E-state index contributed by atoms with van der Waals surface area (Å²) in [4.78, 5) is 25.4. The van der Waals surface area contributed by atoms with Gasteiger partial charge in [-0.3, -0.25) is 10.1 Å². The Morgan fingerprint density at radius 1 is 1.32 bits per heavy atom. The third-order valence-electron chi connectivity index (χ3n) is 4.24. The van der Waals surface area contributed by atoms with Crippen LogP contribution in [0.4, 0.5) is 5.69 Å². The van der Waals surface area contributed by atoms with E-state index in [4.69, 9.17) is 9.15 Å². The molecular weight excluding hydrogens is 368 g/mol. The van der Waals surface area contributed by atoms with Crippen molar-refractivity contribution >= 4 is 11.7 Å². The summed E-state index contributed by atoms with van der Waals surface area (Å²) in [6.45, 7) is 4.87. The SMILES string of the molecule is Cc1[nH]c(C(=O)OCc2nnc(-c3ccc([N+](=O)[O-])cc3)o2)c(C)c1[C@H](C)O. The lowest BCUT2D eigenvalue weighted by atomic mass is 10.1. The van der Waals surface area contributed by atoms with E-state index in [2.05, 4.69) is 15.2 Å². The number of nitrogens with one attached hydrogen (secondary N) is 1. The van der Waals surface area contributed by atoms with Crippen LogP contribution in [0.1, 0.15) is 46.2 Å². The summed E-state index contributed by atoms with van der Waals surface area (Å²) in [7, 11) is 0. The number of H-pyrrole nitrogens is 1. The van der Waals surface area contributed by atoms with Gasteiger partial charge >= 0.3 is 5.97 Å². The number of aliphatic hydroxyl groups is 1. The van der Waals surface area contributed by atoms with Crippen molar-refractivity contribution in [3.8, 4) is 11.5 Å². The molecule has 0 saturated carbocycles. The Bertz CT molecular complexity index is 1020. The zero-order valence-corrected chi connectivity index (χ0v) is 15.4. The molecule has 0 aliphatic carbocycles. The fourth-order valence-corrected chi connectivity index (χ4v) is 2.95. The number of esters is 1. The van der Waals surface area contributed by atoms with Gasteiger partial charge in [0.1, 0.15) is 5.69 Å². The average Bonchev–Trinajstić information content (AvgIpc) is 3.24. The third kappa shape index (κ3) is 3.76. The van der Waals surface area contributed by atoms with E-state index in [1.165, 1.54) is 24.3 Å². The number of aromatic nitrogens is 3. The number of non-ortho nitro benzene ring substituents is 1. The lowest BCUT2D eigenvalue weighted by Gasteiger charge is -2.05. The zero-order valence-electron chi connectivity index (χ0n) is 15.4. The van der Waals surface area contributed by atoms with Crippen LogP contribution in [0.2, 0.25) is 0 Å². The second-order valence-corrected chi connectivity index (χ2v) is 6.22. The number of carbonyl (C=O) groups excluding carboxylic acids is 1. The van der Waals surface area contributed by atoms with E-state index >= 15 is 0 Å². The molecule has 0 fully saturated rings. The molecule has 28 heavy (non-hydrogen) atoms. The van der Waals surface area contributed by atoms with Crippen LogP contribution >= 0.6 is 0 Å². The van der Waals surface area contributed by atoms with Gasteiger partial charge in [0.15, 0.2) is 6.61 Å². The number of nitro groups is 1. The number of hydrogen-bond acceptors (Lipinski definition) is 8. The molecule has 2 heterocycles. The van der Waals surface area contributed by atoms with Gasteiger partial charge < -0.3 is 19.2 Å². The summed E-state index contributed by atoms with van der Waals surface area (Å²) in [5.41, 5.74) is 2.68. The van der Waals surface area contributed by atoms with Crippen molar-refractivity contribution in [3.05, 3.63) is 62.8 Å². The maximum Gasteiger partial charge on any atom is 0.355 e. The lowest BCUT2D eigenvalue weighted by molar-refractivity contribution is -0.384. The highest BCUT2D eigenvalue weighted by molar-refractivity contribution is 5.89.